The molecule has 3 rings (SSSR count). The molecule has 0 radical (unpaired) electrons. The van der Waals surface area contributed by atoms with Crippen LogP contribution < -0.4 is 15.2 Å². The van der Waals surface area contributed by atoms with Gasteiger partial charge in [-0.05, 0) is 36.2 Å². The number of carbonyl (C=O) groups is 1. The number of nitriles is 1. The molecule has 116 valence electrons. The van der Waals surface area contributed by atoms with Crippen molar-refractivity contribution in [2.75, 3.05) is 16.4 Å². The van der Waals surface area contributed by atoms with Crippen LogP contribution in [0.4, 0.5) is 15.8 Å². The number of rotatable bonds is 2. The Labute approximate surface area is 140 Å². The van der Waals surface area contributed by atoms with Gasteiger partial charge in [-0.1, -0.05) is 11.6 Å². The molecule has 2 aromatic rings. The molecule has 0 aliphatic carbocycles. The minimum Gasteiger partial charge on any atom is -0.478 e. The Hall–Kier alpha value is -2.43. The van der Waals surface area contributed by atoms with Gasteiger partial charge in [0, 0.05) is 11.3 Å². The summed E-state index contributed by atoms with van der Waals surface area (Å²) >= 11 is 7.26. The average molecular weight is 350 g/mol. The highest BCUT2D eigenvalue weighted by molar-refractivity contribution is 8.00. The van der Waals surface area contributed by atoms with Crippen molar-refractivity contribution in [3.8, 4) is 11.8 Å². The van der Waals surface area contributed by atoms with Crippen molar-refractivity contribution in [1.29, 1.82) is 5.26 Å². The number of ketones is 1. The van der Waals surface area contributed by atoms with Crippen molar-refractivity contribution in [3.63, 3.8) is 0 Å². The van der Waals surface area contributed by atoms with Gasteiger partial charge in [0.1, 0.15) is 17.4 Å². The Balaban J connectivity index is 2.22. The maximum atomic E-state index is 13.4. The molecular weight excluding hydrogens is 341 g/mol. The van der Waals surface area contributed by atoms with Crippen LogP contribution in [0.2, 0.25) is 5.02 Å². The van der Waals surface area contributed by atoms with E-state index in [2.05, 4.69) is 4.72 Å². The maximum absolute atomic E-state index is 13.4. The lowest BCUT2D eigenvalue weighted by Crippen LogP contribution is -2.14. The summed E-state index contributed by atoms with van der Waals surface area (Å²) in [5.74, 6) is -0.716. The topological polar surface area (TPSA) is 88.1 Å². The van der Waals surface area contributed by atoms with Gasteiger partial charge >= 0.3 is 0 Å². The summed E-state index contributed by atoms with van der Waals surface area (Å²) in [6.45, 7) is 0. The number of nitrogens with two attached hydrogens (primary N) is 1. The van der Waals surface area contributed by atoms with Crippen LogP contribution in [-0.4, -0.2) is 11.7 Å². The molecule has 8 heteroatoms. The second kappa shape index (κ2) is 5.99. The summed E-state index contributed by atoms with van der Waals surface area (Å²) in [5, 5.41) is 9.52. The summed E-state index contributed by atoms with van der Waals surface area (Å²) in [6, 6.07) is 6.87. The van der Waals surface area contributed by atoms with Crippen molar-refractivity contribution in [2.45, 2.75) is 0 Å². The molecule has 3 N–H and O–H groups in total. The van der Waals surface area contributed by atoms with Gasteiger partial charge in [0.2, 0.25) is 0 Å². The standard InChI is InChI=1S/C15H9ClFN3O2S/c16-10-2-1-7(17)3-8(10)14(21)13-9(5-18)15-12(4-11(13)19)20-23-6-22-15/h1-4,20H,6,19H2. The van der Waals surface area contributed by atoms with E-state index in [9.17, 15) is 14.4 Å². The van der Waals surface area contributed by atoms with E-state index in [-0.39, 0.29) is 39.1 Å². The Morgan fingerprint density at radius 1 is 1.48 bits per heavy atom. The van der Waals surface area contributed by atoms with E-state index in [0.29, 0.717) is 5.69 Å². The van der Waals surface area contributed by atoms with Gasteiger partial charge in [-0.3, -0.25) is 4.79 Å². The lowest BCUT2D eigenvalue weighted by Gasteiger charge is -2.21. The number of halogens is 2. The predicted octanol–water partition coefficient (Wildman–Crippen LogP) is 3.57. The summed E-state index contributed by atoms with van der Waals surface area (Å²) in [7, 11) is 0. The first-order chi connectivity index (χ1) is 11.0. The van der Waals surface area contributed by atoms with Gasteiger partial charge in [-0.25, -0.2) is 4.39 Å². The quantitative estimate of drug-likeness (QED) is 0.489. The number of carbonyl (C=O) groups excluding carboxylic acids is 1. The normalized spacial score (nSPS) is 12.6. The summed E-state index contributed by atoms with van der Waals surface area (Å²) in [4.78, 5) is 12.7. The number of benzene rings is 2. The van der Waals surface area contributed by atoms with Crippen molar-refractivity contribution >= 4 is 40.7 Å². The third kappa shape index (κ3) is 2.67. The maximum Gasteiger partial charge on any atom is 0.198 e. The van der Waals surface area contributed by atoms with Gasteiger partial charge in [-0.2, -0.15) is 5.26 Å². The molecule has 1 heterocycles. The molecule has 1 aliphatic heterocycles. The molecule has 0 atom stereocenters. The highest BCUT2D eigenvalue weighted by atomic mass is 35.5. The minimum atomic E-state index is -0.631. The highest BCUT2D eigenvalue weighted by Crippen LogP contribution is 2.40. The molecule has 23 heavy (non-hydrogen) atoms. The number of ether oxygens (including phenoxy) is 1. The fraction of sp³-hybridized carbons (Fsp3) is 0.0667. The van der Waals surface area contributed by atoms with Crippen LogP contribution in [-0.2, 0) is 0 Å². The van der Waals surface area contributed by atoms with Crippen LogP contribution in [0.15, 0.2) is 24.3 Å². The molecule has 0 amide bonds. The van der Waals surface area contributed by atoms with Crippen molar-refractivity contribution in [3.05, 3.63) is 51.8 Å². The molecule has 0 fully saturated rings. The minimum absolute atomic E-state index is 0.00173. The first-order valence-electron chi connectivity index (χ1n) is 6.40. The van der Waals surface area contributed by atoms with Crippen LogP contribution in [0.5, 0.6) is 5.75 Å². The zero-order valence-corrected chi connectivity index (χ0v) is 13.1. The fourth-order valence-electron chi connectivity index (χ4n) is 2.26. The zero-order valence-electron chi connectivity index (χ0n) is 11.5. The Morgan fingerprint density at radius 3 is 3.00 bits per heavy atom. The second-order valence-electron chi connectivity index (χ2n) is 4.67. The number of nitrogens with zero attached hydrogens (tertiary/aromatic N) is 1. The van der Waals surface area contributed by atoms with Crippen LogP contribution in [0, 0.1) is 17.1 Å². The third-order valence-corrected chi connectivity index (χ3v) is 4.20. The molecule has 0 saturated carbocycles. The number of hydrogen-bond acceptors (Lipinski definition) is 6. The predicted molar refractivity (Wildman–Crippen MR) is 87.1 cm³/mol. The second-order valence-corrected chi connectivity index (χ2v) is 5.80. The first kappa shape index (κ1) is 15.5. The lowest BCUT2D eigenvalue weighted by atomic mass is 9.95. The molecule has 0 unspecified atom stereocenters. The first-order valence-corrected chi connectivity index (χ1v) is 7.76. The molecule has 5 nitrogen and oxygen atoms in total. The SMILES string of the molecule is N#Cc1c2c(cc(N)c1C(=O)c1cc(F)ccc1Cl)NSCO2. The molecule has 0 aromatic heterocycles. The molecule has 0 bridgehead atoms. The molecule has 2 aromatic carbocycles. The largest absolute Gasteiger partial charge is 0.478 e. The van der Waals surface area contributed by atoms with E-state index in [4.69, 9.17) is 22.1 Å². The monoisotopic (exact) mass is 349 g/mol. The van der Waals surface area contributed by atoms with Gasteiger partial charge in [0.15, 0.2) is 17.5 Å². The average Bonchev–Trinajstić information content (AvgIpc) is 2.55. The van der Waals surface area contributed by atoms with E-state index in [1.165, 1.54) is 24.1 Å². The van der Waals surface area contributed by atoms with Crippen molar-refractivity contribution in [1.82, 2.24) is 0 Å². The number of hydrogen-bond donors (Lipinski definition) is 2. The lowest BCUT2D eigenvalue weighted by molar-refractivity contribution is 0.103. The van der Waals surface area contributed by atoms with Crippen LogP contribution >= 0.6 is 23.5 Å². The summed E-state index contributed by atoms with van der Waals surface area (Å²) in [6.07, 6.45) is 0. The number of nitrogen functional groups attached to an aromatic ring is 1. The number of fused-ring (bicyclic) bond motifs is 1. The van der Waals surface area contributed by atoms with Gasteiger partial charge in [0.05, 0.1) is 16.3 Å². The molecular formula is C15H9ClFN3O2S. The number of anilines is 2. The highest BCUT2D eigenvalue weighted by Gasteiger charge is 2.27. The summed E-state index contributed by atoms with van der Waals surface area (Å²) < 4.78 is 21.8. The van der Waals surface area contributed by atoms with Crippen LogP contribution in [0.3, 0.4) is 0 Å². The van der Waals surface area contributed by atoms with E-state index < -0.39 is 11.6 Å². The van der Waals surface area contributed by atoms with Gasteiger partial charge in [-0.15, -0.1) is 0 Å². The van der Waals surface area contributed by atoms with Crippen LogP contribution in [0.1, 0.15) is 21.5 Å². The zero-order chi connectivity index (χ0) is 16.6. The Morgan fingerprint density at radius 2 is 2.26 bits per heavy atom. The number of nitrogens with one attached hydrogen (secondary N) is 1. The summed E-state index contributed by atoms with van der Waals surface area (Å²) in [5.41, 5.74) is 6.42. The van der Waals surface area contributed by atoms with Crippen molar-refractivity contribution < 1.29 is 13.9 Å². The van der Waals surface area contributed by atoms with E-state index >= 15 is 0 Å². The molecule has 0 spiro atoms. The fourth-order valence-corrected chi connectivity index (χ4v) is 3.01. The molecule has 0 saturated heterocycles. The van der Waals surface area contributed by atoms with E-state index in [0.717, 1.165) is 12.1 Å². The van der Waals surface area contributed by atoms with Crippen molar-refractivity contribution in [2.24, 2.45) is 0 Å². The van der Waals surface area contributed by atoms with E-state index in [1.807, 2.05) is 6.07 Å². The third-order valence-electron chi connectivity index (χ3n) is 3.27. The van der Waals surface area contributed by atoms with Gasteiger partial charge < -0.3 is 15.2 Å². The van der Waals surface area contributed by atoms with Crippen LogP contribution in [0.25, 0.3) is 0 Å². The Bertz CT molecular complexity index is 867. The van der Waals surface area contributed by atoms with Gasteiger partial charge in [0.25, 0.3) is 0 Å². The smallest absolute Gasteiger partial charge is 0.198 e. The molecule has 1 aliphatic rings. The van der Waals surface area contributed by atoms with E-state index in [1.54, 1.807) is 0 Å². The Kier molecular flexibility index (Phi) is 4.03.